The number of nitrogens with one attached hydrogen (secondary N) is 1. The molecule has 110 valence electrons. The number of carboxylic acids is 1. The first-order valence-electron chi connectivity index (χ1n) is 6.70. The normalized spacial score (nSPS) is 10.7. The van der Waals surface area contributed by atoms with Crippen LogP contribution in [0.3, 0.4) is 0 Å². The van der Waals surface area contributed by atoms with E-state index in [0.29, 0.717) is 11.6 Å². The van der Waals surface area contributed by atoms with E-state index in [1.807, 2.05) is 18.2 Å². The molecule has 0 aliphatic rings. The summed E-state index contributed by atoms with van der Waals surface area (Å²) in [6.07, 6.45) is 0. The van der Waals surface area contributed by atoms with E-state index in [0.717, 1.165) is 5.56 Å². The Morgan fingerprint density at radius 3 is 2.40 bits per heavy atom. The van der Waals surface area contributed by atoms with Crippen molar-refractivity contribution >= 4 is 17.7 Å². The summed E-state index contributed by atoms with van der Waals surface area (Å²) in [5.74, 6) is -0.656. The Morgan fingerprint density at radius 1 is 1.25 bits per heavy atom. The maximum Gasteiger partial charge on any atom is 0.323 e. The molecule has 1 rings (SSSR count). The second-order valence-electron chi connectivity index (χ2n) is 5.33. The van der Waals surface area contributed by atoms with Crippen molar-refractivity contribution in [1.82, 2.24) is 4.90 Å². The Labute approximate surface area is 119 Å². The minimum atomic E-state index is -1.02. The van der Waals surface area contributed by atoms with Crippen LogP contribution >= 0.6 is 0 Å². The second kappa shape index (κ2) is 6.93. The van der Waals surface area contributed by atoms with E-state index >= 15 is 0 Å². The van der Waals surface area contributed by atoms with E-state index in [9.17, 15) is 9.59 Å². The van der Waals surface area contributed by atoms with Gasteiger partial charge >= 0.3 is 12.0 Å². The monoisotopic (exact) mass is 278 g/mol. The second-order valence-corrected chi connectivity index (χ2v) is 5.33. The molecule has 5 heteroatoms. The summed E-state index contributed by atoms with van der Waals surface area (Å²) >= 11 is 0. The van der Waals surface area contributed by atoms with Crippen LogP contribution in [0.5, 0.6) is 0 Å². The van der Waals surface area contributed by atoms with Crippen molar-refractivity contribution in [3.8, 4) is 0 Å². The van der Waals surface area contributed by atoms with Gasteiger partial charge in [-0.2, -0.15) is 0 Å². The third-order valence-corrected chi connectivity index (χ3v) is 2.99. The van der Waals surface area contributed by atoms with Gasteiger partial charge in [0, 0.05) is 11.7 Å². The lowest BCUT2D eigenvalue weighted by Gasteiger charge is -2.25. The number of anilines is 1. The van der Waals surface area contributed by atoms with Gasteiger partial charge in [0.15, 0.2) is 0 Å². The van der Waals surface area contributed by atoms with Gasteiger partial charge in [-0.1, -0.05) is 26.0 Å². The van der Waals surface area contributed by atoms with Gasteiger partial charge in [0.25, 0.3) is 0 Å². The SMILES string of the molecule is CC(C)c1cccc(NC(=O)N(CC(=O)O)C(C)C)c1. The van der Waals surface area contributed by atoms with Crippen molar-refractivity contribution in [2.45, 2.75) is 39.7 Å². The van der Waals surface area contributed by atoms with E-state index in [-0.39, 0.29) is 12.6 Å². The fraction of sp³-hybridized carbons (Fsp3) is 0.467. The molecule has 1 aromatic carbocycles. The molecule has 1 aromatic rings. The molecule has 0 fully saturated rings. The zero-order chi connectivity index (χ0) is 15.3. The molecule has 5 nitrogen and oxygen atoms in total. The molecule has 0 bridgehead atoms. The van der Waals surface area contributed by atoms with E-state index in [2.05, 4.69) is 19.2 Å². The lowest BCUT2D eigenvalue weighted by atomic mass is 10.0. The van der Waals surface area contributed by atoms with Crippen LogP contribution in [0, 0.1) is 0 Å². The highest BCUT2D eigenvalue weighted by Crippen LogP contribution is 2.19. The molecule has 0 aliphatic carbocycles. The molecular formula is C15H22N2O3. The lowest BCUT2D eigenvalue weighted by molar-refractivity contribution is -0.137. The highest BCUT2D eigenvalue weighted by Gasteiger charge is 2.19. The largest absolute Gasteiger partial charge is 0.480 e. The highest BCUT2D eigenvalue weighted by atomic mass is 16.4. The quantitative estimate of drug-likeness (QED) is 0.869. The third kappa shape index (κ3) is 4.57. The summed E-state index contributed by atoms with van der Waals surface area (Å²) in [6, 6.07) is 6.99. The first-order chi connectivity index (χ1) is 9.31. The summed E-state index contributed by atoms with van der Waals surface area (Å²) < 4.78 is 0. The van der Waals surface area contributed by atoms with Gasteiger partial charge in [0.1, 0.15) is 6.54 Å². The number of carbonyl (C=O) groups is 2. The number of amides is 2. The average molecular weight is 278 g/mol. The molecule has 2 amide bonds. The Bertz CT molecular complexity index is 484. The number of nitrogens with zero attached hydrogens (tertiary/aromatic N) is 1. The lowest BCUT2D eigenvalue weighted by Crippen LogP contribution is -2.43. The Balaban J connectivity index is 2.82. The number of benzene rings is 1. The van der Waals surface area contributed by atoms with Crippen LogP contribution in [0.4, 0.5) is 10.5 Å². The first-order valence-corrected chi connectivity index (χ1v) is 6.70. The van der Waals surface area contributed by atoms with Crippen LogP contribution in [0.2, 0.25) is 0 Å². The van der Waals surface area contributed by atoms with Crippen molar-refractivity contribution in [2.24, 2.45) is 0 Å². The maximum absolute atomic E-state index is 12.1. The summed E-state index contributed by atoms with van der Waals surface area (Å²) in [7, 11) is 0. The molecule has 0 spiro atoms. The van der Waals surface area contributed by atoms with Gasteiger partial charge in [-0.25, -0.2) is 4.79 Å². The van der Waals surface area contributed by atoms with Crippen molar-refractivity contribution < 1.29 is 14.7 Å². The standard InChI is InChI=1S/C15H22N2O3/c1-10(2)12-6-5-7-13(8-12)16-15(20)17(11(3)4)9-14(18)19/h5-8,10-11H,9H2,1-4H3,(H,16,20)(H,18,19). The summed E-state index contributed by atoms with van der Waals surface area (Å²) in [5.41, 5.74) is 1.80. The summed E-state index contributed by atoms with van der Waals surface area (Å²) in [6.45, 7) is 7.41. The molecule has 2 N–H and O–H groups in total. The maximum atomic E-state index is 12.1. The molecule has 0 saturated carbocycles. The number of carboxylic acid groups (broad SMARTS) is 1. The molecule has 0 aromatic heterocycles. The minimum absolute atomic E-state index is 0.181. The number of urea groups is 1. The Hall–Kier alpha value is -2.04. The van der Waals surface area contributed by atoms with Crippen LogP contribution < -0.4 is 5.32 Å². The van der Waals surface area contributed by atoms with E-state index in [1.54, 1.807) is 19.9 Å². The molecule has 0 radical (unpaired) electrons. The van der Waals surface area contributed by atoms with Crippen LogP contribution in [0.25, 0.3) is 0 Å². The van der Waals surface area contributed by atoms with Crippen LogP contribution in [0.1, 0.15) is 39.2 Å². The fourth-order valence-corrected chi connectivity index (χ4v) is 1.81. The van der Waals surface area contributed by atoms with Gasteiger partial charge < -0.3 is 15.3 Å². The van der Waals surface area contributed by atoms with Crippen LogP contribution in [-0.4, -0.2) is 34.6 Å². The van der Waals surface area contributed by atoms with Crippen LogP contribution in [0.15, 0.2) is 24.3 Å². The van der Waals surface area contributed by atoms with Gasteiger partial charge in [-0.15, -0.1) is 0 Å². The van der Waals surface area contributed by atoms with Crippen molar-refractivity contribution in [3.63, 3.8) is 0 Å². The first kappa shape index (κ1) is 16.0. The minimum Gasteiger partial charge on any atom is -0.480 e. The molecule has 20 heavy (non-hydrogen) atoms. The Morgan fingerprint density at radius 2 is 1.90 bits per heavy atom. The fourth-order valence-electron chi connectivity index (χ4n) is 1.81. The average Bonchev–Trinajstić information content (AvgIpc) is 2.35. The number of hydrogen-bond acceptors (Lipinski definition) is 2. The zero-order valence-corrected chi connectivity index (χ0v) is 12.4. The van der Waals surface area contributed by atoms with Crippen molar-refractivity contribution in [2.75, 3.05) is 11.9 Å². The molecule has 0 aliphatic heterocycles. The number of aliphatic carboxylic acids is 1. The zero-order valence-electron chi connectivity index (χ0n) is 12.4. The number of rotatable bonds is 5. The van der Waals surface area contributed by atoms with E-state index in [1.165, 1.54) is 4.90 Å². The van der Waals surface area contributed by atoms with Gasteiger partial charge in [0.2, 0.25) is 0 Å². The highest BCUT2D eigenvalue weighted by molar-refractivity contribution is 5.91. The van der Waals surface area contributed by atoms with Gasteiger partial charge in [0.05, 0.1) is 0 Å². The van der Waals surface area contributed by atoms with Crippen molar-refractivity contribution in [3.05, 3.63) is 29.8 Å². The van der Waals surface area contributed by atoms with Gasteiger partial charge in [-0.05, 0) is 37.5 Å². The molecule has 0 saturated heterocycles. The summed E-state index contributed by atoms with van der Waals surface area (Å²) in [5, 5.41) is 11.6. The van der Waals surface area contributed by atoms with E-state index in [4.69, 9.17) is 5.11 Å². The van der Waals surface area contributed by atoms with Crippen molar-refractivity contribution in [1.29, 1.82) is 0 Å². The third-order valence-electron chi connectivity index (χ3n) is 2.99. The number of carbonyl (C=O) groups excluding carboxylic acids is 1. The topological polar surface area (TPSA) is 69.6 Å². The van der Waals surface area contributed by atoms with Crippen LogP contribution in [-0.2, 0) is 4.79 Å². The molecule has 0 heterocycles. The smallest absolute Gasteiger partial charge is 0.323 e. The Kier molecular flexibility index (Phi) is 5.55. The summed E-state index contributed by atoms with van der Waals surface area (Å²) in [4.78, 5) is 24.2. The van der Waals surface area contributed by atoms with E-state index < -0.39 is 12.0 Å². The number of hydrogen-bond donors (Lipinski definition) is 2. The molecule has 0 atom stereocenters. The predicted octanol–water partition coefficient (Wildman–Crippen LogP) is 3.14. The predicted molar refractivity (Wildman–Crippen MR) is 79.0 cm³/mol. The van der Waals surface area contributed by atoms with Gasteiger partial charge in [-0.3, -0.25) is 4.79 Å². The molecular weight excluding hydrogens is 256 g/mol. The molecule has 0 unspecified atom stereocenters.